The molecule has 2 aromatic rings. The third kappa shape index (κ3) is 2.01. The molecule has 94 valence electrons. The first kappa shape index (κ1) is 12.7. The van der Waals surface area contributed by atoms with Crippen molar-refractivity contribution in [2.75, 3.05) is 0 Å². The van der Waals surface area contributed by atoms with Crippen LogP contribution in [-0.4, -0.2) is 16.2 Å². The summed E-state index contributed by atoms with van der Waals surface area (Å²) in [6.07, 6.45) is 0. The van der Waals surface area contributed by atoms with Crippen LogP contribution in [0.3, 0.4) is 0 Å². The maximum absolute atomic E-state index is 13.2. The Hall–Kier alpha value is -1.76. The van der Waals surface area contributed by atoms with Crippen molar-refractivity contribution in [1.29, 1.82) is 0 Å². The average Bonchev–Trinajstić information content (AvgIpc) is 2.65. The van der Waals surface area contributed by atoms with Crippen molar-refractivity contribution in [3.63, 3.8) is 0 Å². The zero-order chi connectivity index (χ0) is 13.4. The van der Waals surface area contributed by atoms with E-state index in [-0.39, 0.29) is 27.1 Å². The highest BCUT2D eigenvalue weighted by Crippen LogP contribution is 2.32. The number of hydrogen-bond donors (Lipinski definition) is 1. The van der Waals surface area contributed by atoms with Gasteiger partial charge in [0, 0.05) is 10.0 Å². The first-order valence-corrected chi connectivity index (χ1v) is 5.55. The molecule has 0 saturated carbocycles. The number of carboxylic acids is 1. The van der Waals surface area contributed by atoms with Gasteiger partial charge in [-0.1, -0.05) is 5.16 Å². The van der Waals surface area contributed by atoms with Crippen molar-refractivity contribution in [3.8, 4) is 11.3 Å². The summed E-state index contributed by atoms with van der Waals surface area (Å²) in [5.74, 6) is -3.29. The molecule has 0 spiro atoms. The lowest BCUT2D eigenvalue weighted by atomic mass is 10.1. The summed E-state index contributed by atoms with van der Waals surface area (Å²) in [6.45, 7) is 1.42. The molecule has 1 N–H and O–H groups in total. The number of hydrogen-bond acceptors (Lipinski definition) is 3. The largest absolute Gasteiger partial charge is 0.477 e. The van der Waals surface area contributed by atoms with Gasteiger partial charge >= 0.3 is 5.97 Å². The number of aryl methyl sites for hydroxylation is 1. The minimum absolute atomic E-state index is 0.0502. The van der Waals surface area contributed by atoms with Crippen molar-refractivity contribution in [3.05, 3.63) is 39.6 Å². The predicted molar refractivity (Wildman–Crippen MR) is 61.3 cm³/mol. The second-order valence-corrected chi connectivity index (χ2v) is 4.37. The second kappa shape index (κ2) is 4.49. The summed E-state index contributed by atoms with van der Waals surface area (Å²) >= 11 is 3.03. The Morgan fingerprint density at radius 1 is 1.39 bits per heavy atom. The molecule has 0 amide bonds. The van der Waals surface area contributed by atoms with E-state index < -0.39 is 17.6 Å². The molecular formula is C11H6BrF2NO3. The number of benzene rings is 1. The summed E-state index contributed by atoms with van der Waals surface area (Å²) in [6, 6.07) is 1.77. The van der Waals surface area contributed by atoms with Gasteiger partial charge in [-0.3, -0.25) is 0 Å². The van der Waals surface area contributed by atoms with E-state index in [0.29, 0.717) is 0 Å². The predicted octanol–water partition coefficient (Wildman–Crippen LogP) is 3.39. The Balaban J connectivity index is 2.70. The topological polar surface area (TPSA) is 63.3 Å². The van der Waals surface area contributed by atoms with Gasteiger partial charge in [-0.05, 0) is 35.0 Å². The van der Waals surface area contributed by atoms with Crippen LogP contribution in [0.5, 0.6) is 0 Å². The van der Waals surface area contributed by atoms with Crippen LogP contribution in [0.2, 0.25) is 0 Å². The molecule has 1 heterocycles. The van der Waals surface area contributed by atoms with Crippen LogP contribution in [-0.2, 0) is 0 Å². The van der Waals surface area contributed by atoms with Gasteiger partial charge in [-0.2, -0.15) is 0 Å². The monoisotopic (exact) mass is 317 g/mol. The summed E-state index contributed by atoms with van der Waals surface area (Å²) in [5.41, 5.74) is -0.115. The third-order valence-electron chi connectivity index (χ3n) is 2.34. The van der Waals surface area contributed by atoms with Gasteiger partial charge in [0.25, 0.3) is 0 Å². The molecule has 1 aromatic carbocycles. The van der Waals surface area contributed by atoms with Crippen LogP contribution in [0.25, 0.3) is 11.3 Å². The van der Waals surface area contributed by atoms with Crippen LogP contribution in [0, 0.1) is 18.6 Å². The van der Waals surface area contributed by atoms with Crippen molar-refractivity contribution < 1.29 is 23.2 Å². The molecule has 0 unspecified atom stereocenters. The molecule has 0 saturated heterocycles. The highest BCUT2D eigenvalue weighted by Gasteiger charge is 2.23. The summed E-state index contributed by atoms with van der Waals surface area (Å²) in [7, 11) is 0. The van der Waals surface area contributed by atoms with Crippen molar-refractivity contribution in [2.24, 2.45) is 0 Å². The summed E-state index contributed by atoms with van der Waals surface area (Å²) in [4.78, 5) is 11.1. The Morgan fingerprint density at radius 3 is 2.61 bits per heavy atom. The number of carbonyl (C=O) groups is 1. The lowest BCUT2D eigenvalue weighted by molar-refractivity contribution is 0.0695. The highest BCUT2D eigenvalue weighted by atomic mass is 79.9. The van der Waals surface area contributed by atoms with E-state index in [0.717, 1.165) is 12.1 Å². The lowest BCUT2D eigenvalue weighted by Crippen LogP contribution is -2.00. The number of halogens is 3. The third-order valence-corrected chi connectivity index (χ3v) is 3.00. The average molecular weight is 318 g/mol. The molecule has 7 heteroatoms. The fraction of sp³-hybridized carbons (Fsp3) is 0.0909. The molecule has 0 aliphatic rings. The van der Waals surface area contributed by atoms with E-state index in [4.69, 9.17) is 9.63 Å². The van der Waals surface area contributed by atoms with Gasteiger partial charge in [0.1, 0.15) is 17.0 Å². The molecular weight excluding hydrogens is 312 g/mol. The Kier molecular flexibility index (Phi) is 3.16. The van der Waals surface area contributed by atoms with Crippen molar-refractivity contribution in [1.82, 2.24) is 5.16 Å². The zero-order valence-corrected chi connectivity index (χ0v) is 10.6. The van der Waals surface area contributed by atoms with Gasteiger partial charge in [-0.15, -0.1) is 0 Å². The molecule has 0 bridgehead atoms. The molecule has 1 aromatic heterocycles. The number of rotatable bonds is 2. The van der Waals surface area contributed by atoms with Crippen LogP contribution in [0.15, 0.2) is 21.1 Å². The molecule has 0 fully saturated rings. The lowest BCUT2D eigenvalue weighted by Gasteiger charge is -2.03. The smallest absolute Gasteiger partial charge is 0.341 e. The highest BCUT2D eigenvalue weighted by molar-refractivity contribution is 9.10. The van der Waals surface area contributed by atoms with Crippen LogP contribution >= 0.6 is 15.9 Å². The fourth-order valence-corrected chi connectivity index (χ4v) is 2.02. The standard InChI is InChI=1S/C11H6BrF2NO3/c1-4-9(11(16)17)10(15-18-4)5-2-7(13)8(14)3-6(5)12/h2-3H,1H3,(H,16,17). The van der Waals surface area contributed by atoms with Gasteiger partial charge in [0.2, 0.25) is 0 Å². The van der Waals surface area contributed by atoms with Gasteiger partial charge in [0.15, 0.2) is 11.6 Å². The van der Waals surface area contributed by atoms with E-state index in [1.54, 1.807) is 0 Å². The number of nitrogens with zero attached hydrogens (tertiary/aromatic N) is 1. The maximum atomic E-state index is 13.2. The minimum Gasteiger partial charge on any atom is -0.477 e. The van der Waals surface area contributed by atoms with E-state index >= 15 is 0 Å². The molecule has 0 aliphatic heterocycles. The molecule has 0 radical (unpaired) electrons. The Bertz CT molecular complexity index is 639. The zero-order valence-electron chi connectivity index (χ0n) is 9.00. The van der Waals surface area contributed by atoms with Crippen molar-refractivity contribution >= 4 is 21.9 Å². The molecule has 2 rings (SSSR count). The molecule has 4 nitrogen and oxygen atoms in total. The van der Waals surface area contributed by atoms with Crippen LogP contribution in [0.1, 0.15) is 16.1 Å². The number of aromatic nitrogens is 1. The number of carboxylic acid groups (broad SMARTS) is 1. The van der Waals surface area contributed by atoms with Gasteiger partial charge in [-0.25, -0.2) is 13.6 Å². The quantitative estimate of drug-likeness (QED) is 0.862. The Labute approximate surface area is 108 Å². The van der Waals surface area contributed by atoms with Crippen molar-refractivity contribution in [2.45, 2.75) is 6.92 Å². The summed E-state index contributed by atoms with van der Waals surface area (Å²) in [5, 5.41) is 12.6. The molecule has 18 heavy (non-hydrogen) atoms. The molecule has 0 aliphatic carbocycles. The minimum atomic E-state index is -1.25. The number of aromatic carboxylic acids is 1. The van der Waals surface area contributed by atoms with E-state index in [1.807, 2.05) is 0 Å². The SMILES string of the molecule is Cc1onc(-c2cc(F)c(F)cc2Br)c1C(=O)O. The Morgan fingerprint density at radius 2 is 2.00 bits per heavy atom. The van der Waals surface area contributed by atoms with Crippen LogP contribution < -0.4 is 0 Å². The van der Waals surface area contributed by atoms with E-state index in [2.05, 4.69) is 21.1 Å². The maximum Gasteiger partial charge on any atom is 0.341 e. The first-order valence-electron chi connectivity index (χ1n) is 4.76. The molecule has 0 atom stereocenters. The first-order chi connectivity index (χ1) is 8.41. The van der Waals surface area contributed by atoms with E-state index in [9.17, 15) is 13.6 Å². The van der Waals surface area contributed by atoms with Crippen LogP contribution in [0.4, 0.5) is 8.78 Å². The summed E-state index contributed by atoms with van der Waals surface area (Å²) < 4.78 is 31.1. The van der Waals surface area contributed by atoms with Gasteiger partial charge in [0.05, 0.1) is 0 Å². The van der Waals surface area contributed by atoms with Gasteiger partial charge < -0.3 is 9.63 Å². The second-order valence-electron chi connectivity index (χ2n) is 3.51. The normalized spacial score (nSPS) is 10.7. The van der Waals surface area contributed by atoms with E-state index in [1.165, 1.54) is 6.92 Å². The fourth-order valence-electron chi connectivity index (χ4n) is 1.51.